The second kappa shape index (κ2) is 6.13. The van der Waals surface area contributed by atoms with Crippen LogP contribution < -0.4 is 9.46 Å². The molecule has 0 fully saturated rings. The van der Waals surface area contributed by atoms with Crippen molar-refractivity contribution in [3.8, 4) is 5.75 Å². The van der Waals surface area contributed by atoms with Crippen LogP contribution in [0.25, 0.3) is 0 Å². The van der Waals surface area contributed by atoms with E-state index in [1.54, 1.807) is 24.3 Å². The molecule has 6 heteroatoms. The first-order chi connectivity index (χ1) is 9.96. The molecule has 0 aromatic heterocycles. The van der Waals surface area contributed by atoms with Crippen molar-refractivity contribution in [1.82, 2.24) is 0 Å². The Kier molecular flexibility index (Phi) is 4.47. The zero-order chi connectivity index (χ0) is 15.5. The third-order valence-corrected chi connectivity index (χ3v) is 4.45. The summed E-state index contributed by atoms with van der Waals surface area (Å²) in [5.41, 5.74) is 0.739. The number of halogens is 1. The lowest BCUT2D eigenvalue weighted by Gasteiger charge is -2.10. The molecular weight excluding hydrogens is 293 g/mol. The van der Waals surface area contributed by atoms with Crippen LogP contribution in [0.2, 0.25) is 0 Å². The highest BCUT2D eigenvalue weighted by Gasteiger charge is 2.15. The monoisotopic (exact) mass is 309 g/mol. The number of nitrogens with one attached hydrogen (secondary N) is 1. The van der Waals surface area contributed by atoms with Gasteiger partial charge in [-0.1, -0.05) is 13.0 Å². The Morgan fingerprint density at radius 3 is 2.33 bits per heavy atom. The van der Waals surface area contributed by atoms with Crippen molar-refractivity contribution in [3.63, 3.8) is 0 Å². The summed E-state index contributed by atoms with van der Waals surface area (Å²) in [6, 6.07) is 10.3. The summed E-state index contributed by atoms with van der Waals surface area (Å²) in [6.45, 7) is 1.83. The lowest BCUT2D eigenvalue weighted by Crippen LogP contribution is -2.13. The molecular formula is C15H16FNO3S. The van der Waals surface area contributed by atoms with Gasteiger partial charge in [0.25, 0.3) is 10.0 Å². The van der Waals surface area contributed by atoms with Crippen LogP contribution in [0.3, 0.4) is 0 Å². The maximum atomic E-state index is 13.7. The number of benzene rings is 2. The lowest BCUT2D eigenvalue weighted by molar-refractivity contribution is 0.414. The predicted octanol–water partition coefficient (Wildman–Crippen LogP) is 3.20. The van der Waals surface area contributed by atoms with Gasteiger partial charge in [-0.15, -0.1) is 0 Å². The maximum Gasteiger partial charge on any atom is 0.261 e. The first kappa shape index (κ1) is 15.3. The van der Waals surface area contributed by atoms with Gasteiger partial charge in [-0.05, 0) is 48.4 Å². The molecule has 0 unspecified atom stereocenters. The fraction of sp³-hybridized carbons (Fsp3) is 0.200. The molecule has 4 nitrogen and oxygen atoms in total. The van der Waals surface area contributed by atoms with Crippen LogP contribution in [0.5, 0.6) is 5.75 Å². The molecule has 0 radical (unpaired) electrons. The minimum atomic E-state index is -3.75. The topological polar surface area (TPSA) is 55.4 Å². The second-order valence-electron chi connectivity index (χ2n) is 4.44. The molecule has 0 heterocycles. The normalized spacial score (nSPS) is 11.2. The molecule has 1 N–H and O–H groups in total. The summed E-state index contributed by atoms with van der Waals surface area (Å²) in [5.74, 6) is 0.139. The van der Waals surface area contributed by atoms with Gasteiger partial charge in [0.05, 0.1) is 17.7 Å². The quantitative estimate of drug-likeness (QED) is 0.923. The summed E-state index contributed by atoms with van der Waals surface area (Å²) in [6.07, 6.45) is 0.553. The van der Waals surface area contributed by atoms with Crippen LogP contribution in [-0.2, 0) is 16.4 Å². The van der Waals surface area contributed by atoms with Gasteiger partial charge in [0.15, 0.2) is 0 Å². The van der Waals surface area contributed by atoms with E-state index >= 15 is 0 Å². The largest absolute Gasteiger partial charge is 0.497 e. The van der Waals surface area contributed by atoms with E-state index < -0.39 is 15.8 Å². The van der Waals surface area contributed by atoms with Gasteiger partial charge in [-0.25, -0.2) is 12.8 Å². The summed E-state index contributed by atoms with van der Waals surface area (Å²) in [7, 11) is -2.25. The SMILES string of the molecule is CCc1ccc(NS(=O)(=O)c2ccc(OC)cc2)cc1F. The van der Waals surface area contributed by atoms with Gasteiger partial charge >= 0.3 is 0 Å². The number of ether oxygens (including phenoxy) is 1. The van der Waals surface area contributed by atoms with E-state index in [1.807, 2.05) is 6.92 Å². The van der Waals surface area contributed by atoms with E-state index in [4.69, 9.17) is 4.74 Å². The minimum absolute atomic E-state index is 0.0864. The average molecular weight is 309 g/mol. The zero-order valence-electron chi connectivity index (χ0n) is 11.8. The maximum absolute atomic E-state index is 13.7. The molecule has 2 aromatic rings. The van der Waals surface area contributed by atoms with Crippen molar-refractivity contribution < 1.29 is 17.5 Å². The molecule has 0 atom stereocenters. The molecule has 2 rings (SSSR count). The number of anilines is 1. The van der Waals surface area contributed by atoms with E-state index in [9.17, 15) is 12.8 Å². The standard InChI is InChI=1S/C15H16FNO3S/c1-3-11-4-5-12(10-15(11)16)17-21(18,19)14-8-6-13(20-2)7-9-14/h4-10,17H,3H2,1-2H3. The van der Waals surface area contributed by atoms with Crippen molar-refractivity contribution in [1.29, 1.82) is 0 Å². The van der Waals surface area contributed by atoms with Crippen LogP contribution in [0.15, 0.2) is 47.4 Å². The Hall–Kier alpha value is -2.08. The van der Waals surface area contributed by atoms with Crippen molar-refractivity contribution in [3.05, 3.63) is 53.8 Å². The number of hydrogen-bond acceptors (Lipinski definition) is 3. The Labute approximate surface area is 123 Å². The molecule has 0 saturated heterocycles. The molecule has 0 bridgehead atoms. The highest BCUT2D eigenvalue weighted by atomic mass is 32.2. The fourth-order valence-electron chi connectivity index (χ4n) is 1.87. The van der Waals surface area contributed by atoms with E-state index in [-0.39, 0.29) is 10.6 Å². The lowest BCUT2D eigenvalue weighted by atomic mass is 10.1. The Morgan fingerprint density at radius 1 is 1.14 bits per heavy atom. The van der Waals surface area contributed by atoms with Crippen LogP contribution in [0.4, 0.5) is 10.1 Å². The Balaban J connectivity index is 2.26. The first-order valence-electron chi connectivity index (χ1n) is 6.41. The van der Waals surface area contributed by atoms with Gasteiger partial charge in [0, 0.05) is 0 Å². The van der Waals surface area contributed by atoms with Crippen LogP contribution in [0.1, 0.15) is 12.5 Å². The minimum Gasteiger partial charge on any atom is -0.497 e. The van der Waals surface area contributed by atoms with Crippen LogP contribution in [0, 0.1) is 5.82 Å². The van der Waals surface area contributed by atoms with E-state index in [0.29, 0.717) is 17.7 Å². The molecule has 2 aromatic carbocycles. The van der Waals surface area contributed by atoms with Crippen molar-refractivity contribution in [2.75, 3.05) is 11.8 Å². The second-order valence-corrected chi connectivity index (χ2v) is 6.12. The van der Waals surface area contributed by atoms with E-state index in [0.717, 1.165) is 0 Å². The highest BCUT2D eigenvalue weighted by molar-refractivity contribution is 7.92. The van der Waals surface area contributed by atoms with E-state index in [2.05, 4.69) is 4.72 Å². The van der Waals surface area contributed by atoms with E-state index in [1.165, 1.54) is 25.3 Å². The fourth-order valence-corrected chi connectivity index (χ4v) is 2.92. The third kappa shape index (κ3) is 3.52. The molecule has 0 amide bonds. The number of sulfonamides is 1. The Bertz CT molecular complexity index is 727. The Morgan fingerprint density at radius 2 is 1.81 bits per heavy atom. The molecule has 0 aliphatic heterocycles. The average Bonchev–Trinajstić information content (AvgIpc) is 2.47. The van der Waals surface area contributed by atoms with Crippen molar-refractivity contribution in [2.24, 2.45) is 0 Å². The van der Waals surface area contributed by atoms with Crippen molar-refractivity contribution >= 4 is 15.7 Å². The van der Waals surface area contributed by atoms with Crippen LogP contribution >= 0.6 is 0 Å². The van der Waals surface area contributed by atoms with Gasteiger partial charge in [0.1, 0.15) is 11.6 Å². The third-order valence-electron chi connectivity index (χ3n) is 3.06. The van der Waals surface area contributed by atoms with Gasteiger partial charge in [0.2, 0.25) is 0 Å². The number of rotatable bonds is 5. The summed E-state index contributed by atoms with van der Waals surface area (Å²) >= 11 is 0. The van der Waals surface area contributed by atoms with Gasteiger partial charge in [-0.2, -0.15) is 0 Å². The molecule has 0 aliphatic carbocycles. The first-order valence-corrected chi connectivity index (χ1v) is 7.90. The molecule has 0 aliphatic rings. The number of aryl methyl sites for hydroxylation is 1. The molecule has 0 spiro atoms. The number of methoxy groups -OCH3 is 1. The van der Waals surface area contributed by atoms with Gasteiger partial charge < -0.3 is 4.74 Å². The summed E-state index contributed by atoms with van der Waals surface area (Å²) in [4.78, 5) is 0.0864. The molecule has 21 heavy (non-hydrogen) atoms. The number of hydrogen-bond donors (Lipinski definition) is 1. The highest BCUT2D eigenvalue weighted by Crippen LogP contribution is 2.21. The molecule has 112 valence electrons. The zero-order valence-corrected chi connectivity index (χ0v) is 12.6. The smallest absolute Gasteiger partial charge is 0.261 e. The van der Waals surface area contributed by atoms with Crippen LogP contribution in [-0.4, -0.2) is 15.5 Å². The molecule has 0 saturated carbocycles. The van der Waals surface area contributed by atoms with Gasteiger partial charge in [-0.3, -0.25) is 4.72 Å². The summed E-state index contributed by atoms with van der Waals surface area (Å²) in [5, 5.41) is 0. The van der Waals surface area contributed by atoms with Crippen molar-refractivity contribution in [2.45, 2.75) is 18.2 Å². The summed E-state index contributed by atoms with van der Waals surface area (Å²) < 4.78 is 45.4. The predicted molar refractivity (Wildman–Crippen MR) is 79.6 cm³/mol.